The predicted octanol–water partition coefficient (Wildman–Crippen LogP) is -0.749. The van der Waals surface area contributed by atoms with E-state index in [4.69, 9.17) is 10.5 Å². The van der Waals surface area contributed by atoms with Gasteiger partial charge in [-0.1, -0.05) is 0 Å². The molecule has 2 heterocycles. The minimum Gasteiger partial charge on any atom is -0.481 e. The number of aryl methyl sites for hydroxylation is 1. The van der Waals surface area contributed by atoms with Gasteiger partial charge in [-0.25, -0.2) is 9.97 Å². The quantitative estimate of drug-likeness (QED) is 0.743. The van der Waals surface area contributed by atoms with Gasteiger partial charge in [-0.15, -0.1) is 10.2 Å². The lowest BCUT2D eigenvalue weighted by Gasteiger charge is -2.08. The van der Waals surface area contributed by atoms with E-state index in [-0.39, 0.29) is 6.04 Å². The van der Waals surface area contributed by atoms with Gasteiger partial charge in [-0.2, -0.15) is 4.80 Å². The molecule has 0 aliphatic rings. The monoisotopic (exact) mass is 235 g/mol. The molecule has 90 valence electrons. The highest BCUT2D eigenvalue weighted by Crippen LogP contribution is 2.14. The fraction of sp³-hybridized carbons (Fsp3) is 0.444. The molecule has 0 spiro atoms. The third kappa shape index (κ3) is 2.72. The van der Waals surface area contributed by atoms with E-state index in [0.29, 0.717) is 23.8 Å². The zero-order valence-electron chi connectivity index (χ0n) is 9.61. The smallest absolute Gasteiger partial charge is 0.216 e. The molecule has 0 aliphatic heterocycles. The van der Waals surface area contributed by atoms with E-state index in [9.17, 15) is 0 Å². The highest BCUT2D eigenvalue weighted by atomic mass is 16.5. The Morgan fingerprint density at radius 1 is 1.47 bits per heavy atom. The zero-order chi connectivity index (χ0) is 12.3. The van der Waals surface area contributed by atoms with E-state index < -0.39 is 0 Å². The summed E-state index contributed by atoms with van der Waals surface area (Å²) in [7, 11) is 3.25. The Kier molecular flexibility index (Phi) is 3.24. The van der Waals surface area contributed by atoms with Crippen LogP contribution in [0.3, 0.4) is 0 Å². The van der Waals surface area contributed by atoms with Gasteiger partial charge in [0, 0.05) is 12.5 Å². The zero-order valence-corrected chi connectivity index (χ0v) is 9.61. The maximum atomic E-state index is 6.00. The molecular formula is C9H13N7O. The van der Waals surface area contributed by atoms with Crippen molar-refractivity contribution in [1.82, 2.24) is 30.2 Å². The lowest BCUT2D eigenvalue weighted by molar-refractivity contribution is 0.395. The van der Waals surface area contributed by atoms with Crippen LogP contribution in [-0.4, -0.2) is 37.3 Å². The highest BCUT2D eigenvalue weighted by molar-refractivity contribution is 5.16. The van der Waals surface area contributed by atoms with Gasteiger partial charge in [0.2, 0.25) is 5.88 Å². The van der Waals surface area contributed by atoms with Crippen LogP contribution < -0.4 is 10.5 Å². The van der Waals surface area contributed by atoms with Crippen molar-refractivity contribution in [3.05, 3.63) is 23.9 Å². The van der Waals surface area contributed by atoms with Crippen molar-refractivity contribution >= 4 is 0 Å². The van der Waals surface area contributed by atoms with Crippen LogP contribution in [0.5, 0.6) is 5.88 Å². The number of ether oxygens (including phenoxy) is 1. The summed E-state index contributed by atoms with van der Waals surface area (Å²) in [6, 6.07) is 1.39. The lowest BCUT2D eigenvalue weighted by Crippen LogP contribution is -2.16. The number of hydrogen-bond donors (Lipinski definition) is 1. The molecule has 0 aliphatic carbocycles. The van der Waals surface area contributed by atoms with Gasteiger partial charge in [-0.3, -0.25) is 0 Å². The van der Waals surface area contributed by atoms with Crippen molar-refractivity contribution in [2.75, 3.05) is 7.11 Å². The van der Waals surface area contributed by atoms with Crippen LogP contribution in [0.4, 0.5) is 0 Å². The molecule has 0 saturated heterocycles. The average molecular weight is 235 g/mol. The first-order valence-corrected chi connectivity index (χ1v) is 5.03. The normalized spacial score (nSPS) is 12.4. The molecule has 0 bridgehead atoms. The molecule has 1 unspecified atom stereocenters. The Hall–Kier alpha value is -2.09. The van der Waals surface area contributed by atoms with E-state index in [2.05, 4.69) is 25.4 Å². The molecular weight excluding hydrogens is 222 g/mol. The van der Waals surface area contributed by atoms with Crippen LogP contribution in [0.1, 0.15) is 17.6 Å². The SMILES string of the molecule is COc1cc(C(N)Cc2nnn(C)n2)ncn1. The summed E-state index contributed by atoms with van der Waals surface area (Å²) in [5, 5.41) is 11.7. The van der Waals surface area contributed by atoms with Crippen molar-refractivity contribution in [2.24, 2.45) is 12.8 Å². The van der Waals surface area contributed by atoms with Crippen molar-refractivity contribution < 1.29 is 4.74 Å². The number of nitrogens with zero attached hydrogens (tertiary/aromatic N) is 6. The summed E-state index contributed by atoms with van der Waals surface area (Å²) in [6.45, 7) is 0. The maximum Gasteiger partial charge on any atom is 0.216 e. The second kappa shape index (κ2) is 4.83. The molecule has 0 aromatic carbocycles. The molecule has 0 amide bonds. The van der Waals surface area contributed by atoms with E-state index in [1.165, 1.54) is 11.1 Å². The van der Waals surface area contributed by atoms with Gasteiger partial charge < -0.3 is 10.5 Å². The van der Waals surface area contributed by atoms with Gasteiger partial charge in [0.15, 0.2) is 5.82 Å². The summed E-state index contributed by atoms with van der Waals surface area (Å²) in [5.74, 6) is 1.06. The summed E-state index contributed by atoms with van der Waals surface area (Å²) < 4.78 is 5.00. The van der Waals surface area contributed by atoms with Crippen molar-refractivity contribution in [1.29, 1.82) is 0 Å². The Bertz CT molecular complexity index is 498. The number of tetrazole rings is 1. The number of methoxy groups -OCH3 is 1. The van der Waals surface area contributed by atoms with Gasteiger partial charge in [0.05, 0.1) is 25.9 Å². The van der Waals surface area contributed by atoms with Crippen LogP contribution in [-0.2, 0) is 13.5 Å². The Labute approximate surface area is 97.8 Å². The second-order valence-corrected chi connectivity index (χ2v) is 3.49. The molecule has 2 aromatic rings. The summed E-state index contributed by atoms with van der Waals surface area (Å²) in [5.41, 5.74) is 6.68. The van der Waals surface area contributed by atoms with Crippen molar-refractivity contribution in [3.63, 3.8) is 0 Å². The first kappa shape index (κ1) is 11.4. The topological polar surface area (TPSA) is 105 Å². The summed E-state index contributed by atoms with van der Waals surface area (Å²) in [6.07, 6.45) is 1.88. The van der Waals surface area contributed by atoms with Crippen molar-refractivity contribution in [3.8, 4) is 5.88 Å². The fourth-order valence-corrected chi connectivity index (χ4v) is 1.37. The third-order valence-electron chi connectivity index (χ3n) is 2.20. The van der Waals surface area contributed by atoms with Gasteiger partial charge in [-0.05, 0) is 5.21 Å². The minimum absolute atomic E-state index is 0.309. The standard InChI is InChI=1S/C9H13N7O/c1-16-14-8(13-15-16)3-6(10)7-4-9(17-2)12-5-11-7/h4-6H,3,10H2,1-2H3. The fourth-order valence-electron chi connectivity index (χ4n) is 1.37. The average Bonchev–Trinajstić information content (AvgIpc) is 2.75. The maximum absolute atomic E-state index is 6.00. The van der Waals surface area contributed by atoms with Gasteiger partial charge >= 0.3 is 0 Å². The third-order valence-corrected chi connectivity index (χ3v) is 2.20. The molecule has 1 atom stereocenters. The first-order valence-electron chi connectivity index (χ1n) is 5.03. The van der Waals surface area contributed by atoms with Crippen LogP contribution in [0.15, 0.2) is 12.4 Å². The van der Waals surface area contributed by atoms with E-state index in [1.54, 1.807) is 20.2 Å². The highest BCUT2D eigenvalue weighted by Gasteiger charge is 2.13. The second-order valence-electron chi connectivity index (χ2n) is 3.49. The molecule has 17 heavy (non-hydrogen) atoms. The molecule has 0 radical (unpaired) electrons. The number of rotatable bonds is 4. The van der Waals surface area contributed by atoms with E-state index in [1.807, 2.05) is 0 Å². The predicted molar refractivity (Wildman–Crippen MR) is 58.0 cm³/mol. The van der Waals surface area contributed by atoms with Gasteiger partial charge in [0.1, 0.15) is 6.33 Å². The molecule has 8 nitrogen and oxygen atoms in total. The first-order chi connectivity index (χ1) is 8.19. The van der Waals surface area contributed by atoms with Crippen LogP contribution in [0, 0.1) is 0 Å². The van der Waals surface area contributed by atoms with Crippen LogP contribution in [0.25, 0.3) is 0 Å². The Balaban J connectivity index is 2.11. The molecule has 2 N–H and O–H groups in total. The number of nitrogens with two attached hydrogens (primary N) is 1. The Morgan fingerprint density at radius 2 is 2.29 bits per heavy atom. The minimum atomic E-state index is -0.309. The molecule has 0 saturated carbocycles. The van der Waals surface area contributed by atoms with Crippen LogP contribution in [0.2, 0.25) is 0 Å². The number of hydrogen-bond acceptors (Lipinski definition) is 7. The van der Waals surface area contributed by atoms with E-state index in [0.717, 1.165) is 0 Å². The summed E-state index contributed by atoms with van der Waals surface area (Å²) >= 11 is 0. The molecule has 2 rings (SSSR count). The van der Waals surface area contributed by atoms with Gasteiger partial charge in [0.25, 0.3) is 0 Å². The lowest BCUT2D eigenvalue weighted by atomic mass is 10.1. The van der Waals surface area contributed by atoms with Crippen LogP contribution >= 0.6 is 0 Å². The summed E-state index contributed by atoms with van der Waals surface area (Å²) in [4.78, 5) is 9.40. The Morgan fingerprint density at radius 3 is 2.94 bits per heavy atom. The van der Waals surface area contributed by atoms with Crippen molar-refractivity contribution in [2.45, 2.75) is 12.5 Å². The molecule has 2 aromatic heterocycles. The molecule has 8 heteroatoms. The largest absolute Gasteiger partial charge is 0.481 e. The van der Waals surface area contributed by atoms with E-state index >= 15 is 0 Å². The molecule has 0 fully saturated rings. The number of aromatic nitrogens is 6.